The van der Waals surface area contributed by atoms with Crippen molar-refractivity contribution in [3.63, 3.8) is 0 Å². The lowest BCUT2D eigenvalue weighted by molar-refractivity contribution is -0.126. The maximum Gasteiger partial charge on any atom is 0.223 e. The van der Waals surface area contributed by atoms with Crippen molar-refractivity contribution in [3.05, 3.63) is 0 Å². The molecule has 0 rings (SSSR count). The summed E-state index contributed by atoms with van der Waals surface area (Å²) in [5, 5.41) is 0. The average molecular weight is 185 g/mol. The molecular weight excluding hydrogens is 162 g/mol. The van der Waals surface area contributed by atoms with Crippen LogP contribution in [0.15, 0.2) is 0 Å². The van der Waals surface area contributed by atoms with Crippen molar-refractivity contribution in [2.45, 2.75) is 59.3 Å². The van der Waals surface area contributed by atoms with Gasteiger partial charge in [-0.15, -0.1) is 0 Å². The van der Waals surface area contributed by atoms with Gasteiger partial charge in [0.25, 0.3) is 0 Å². The van der Waals surface area contributed by atoms with Crippen LogP contribution in [-0.2, 0) is 4.79 Å². The molecule has 0 heterocycles. The molecule has 2 heteroatoms. The summed E-state index contributed by atoms with van der Waals surface area (Å²) in [4.78, 5) is 11.0. The molecule has 0 aliphatic rings. The zero-order chi connectivity index (χ0) is 10.3. The molecule has 0 aromatic carbocycles. The first-order valence-electron chi connectivity index (χ1n) is 5.30. The smallest absolute Gasteiger partial charge is 0.223 e. The third-order valence-electron chi connectivity index (χ3n) is 2.57. The number of nitrogens with two attached hydrogens (primary N) is 1. The molecule has 0 radical (unpaired) electrons. The Kier molecular flexibility index (Phi) is 5.76. The molecule has 13 heavy (non-hydrogen) atoms. The van der Waals surface area contributed by atoms with Crippen LogP contribution in [0.1, 0.15) is 59.3 Å². The number of unbranched alkanes of at least 4 members (excludes halogenated alkanes) is 4. The normalized spacial score (nSPS) is 11.6. The van der Waals surface area contributed by atoms with Gasteiger partial charge in [-0.25, -0.2) is 0 Å². The fourth-order valence-corrected chi connectivity index (χ4v) is 1.29. The van der Waals surface area contributed by atoms with Crippen LogP contribution in [0.25, 0.3) is 0 Å². The van der Waals surface area contributed by atoms with Gasteiger partial charge in [0.2, 0.25) is 5.91 Å². The molecule has 0 saturated carbocycles. The van der Waals surface area contributed by atoms with Crippen molar-refractivity contribution in [1.29, 1.82) is 0 Å². The van der Waals surface area contributed by atoms with E-state index in [1.807, 2.05) is 13.8 Å². The van der Waals surface area contributed by atoms with Crippen LogP contribution in [0.5, 0.6) is 0 Å². The molecule has 0 bridgehead atoms. The van der Waals surface area contributed by atoms with Crippen molar-refractivity contribution >= 4 is 5.91 Å². The quantitative estimate of drug-likeness (QED) is 0.609. The number of hydrogen-bond donors (Lipinski definition) is 1. The van der Waals surface area contributed by atoms with Crippen molar-refractivity contribution in [3.8, 4) is 0 Å². The molecule has 1 amide bonds. The third-order valence-corrected chi connectivity index (χ3v) is 2.57. The van der Waals surface area contributed by atoms with Gasteiger partial charge in [0, 0.05) is 5.41 Å². The Hall–Kier alpha value is -0.530. The van der Waals surface area contributed by atoms with Crippen LogP contribution in [0, 0.1) is 5.41 Å². The largest absolute Gasteiger partial charge is 0.369 e. The Labute approximate surface area is 81.9 Å². The highest BCUT2D eigenvalue weighted by atomic mass is 16.1. The lowest BCUT2D eigenvalue weighted by Crippen LogP contribution is -2.31. The second-order valence-corrected chi connectivity index (χ2v) is 4.41. The number of rotatable bonds is 7. The molecular formula is C11H23NO. The first kappa shape index (κ1) is 12.5. The van der Waals surface area contributed by atoms with Gasteiger partial charge in [0.1, 0.15) is 0 Å². The fraction of sp³-hybridized carbons (Fsp3) is 0.909. The van der Waals surface area contributed by atoms with Crippen LogP contribution in [0.2, 0.25) is 0 Å². The first-order valence-corrected chi connectivity index (χ1v) is 5.30. The third kappa shape index (κ3) is 5.67. The highest BCUT2D eigenvalue weighted by Gasteiger charge is 2.23. The molecule has 0 fully saturated rings. The minimum atomic E-state index is -0.313. The van der Waals surface area contributed by atoms with Crippen LogP contribution < -0.4 is 5.73 Å². The SMILES string of the molecule is CCCCCCCC(C)(C)C(N)=O. The highest BCUT2D eigenvalue weighted by Crippen LogP contribution is 2.23. The minimum absolute atomic E-state index is 0.178. The summed E-state index contributed by atoms with van der Waals surface area (Å²) < 4.78 is 0. The maximum atomic E-state index is 11.0. The Morgan fingerprint density at radius 3 is 2.15 bits per heavy atom. The van der Waals surface area contributed by atoms with Crippen molar-refractivity contribution in [1.82, 2.24) is 0 Å². The van der Waals surface area contributed by atoms with Crippen molar-refractivity contribution in [2.24, 2.45) is 11.1 Å². The summed E-state index contributed by atoms with van der Waals surface area (Å²) in [6.45, 7) is 6.05. The van der Waals surface area contributed by atoms with Crippen LogP contribution in [0.3, 0.4) is 0 Å². The lowest BCUT2D eigenvalue weighted by Gasteiger charge is -2.19. The predicted molar refractivity (Wildman–Crippen MR) is 56.4 cm³/mol. The van der Waals surface area contributed by atoms with E-state index in [1.54, 1.807) is 0 Å². The molecule has 0 aliphatic carbocycles. The Morgan fingerprint density at radius 1 is 1.15 bits per heavy atom. The van der Waals surface area contributed by atoms with Crippen LogP contribution >= 0.6 is 0 Å². The van der Waals surface area contributed by atoms with Crippen LogP contribution in [0.4, 0.5) is 0 Å². The van der Waals surface area contributed by atoms with E-state index < -0.39 is 0 Å². The van der Waals surface area contributed by atoms with E-state index >= 15 is 0 Å². The number of primary amides is 1. The van der Waals surface area contributed by atoms with E-state index in [9.17, 15) is 4.79 Å². The minimum Gasteiger partial charge on any atom is -0.369 e. The molecule has 0 aliphatic heterocycles. The van der Waals surface area contributed by atoms with Gasteiger partial charge in [-0.2, -0.15) is 0 Å². The number of amides is 1. The summed E-state index contributed by atoms with van der Waals surface area (Å²) in [6.07, 6.45) is 7.12. The van der Waals surface area contributed by atoms with E-state index in [0.717, 1.165) is 12.8 Å². The van der Waals surface area contributed by atoms with Crippen LogP contribution in [-0.4, -0.2) is 5.91 Å². The molecule has 78 valence electrons. The molecule has 2 nitrogen and oxygen atoms in total. The zero-order valence-electron chi connectivity index (χ0n) is 9.23. The summed E-state index contributed by atoms with van der Waals surface area (Å²) in [5.41, 5.74) is 4.96. The second-order valence-electron chi connectivity index (χ2n) is 4.41. The number of hydrogen-bond acceptors (Lipinski definition) is 1. The molecule has 0 saturated heterocycles. The number of carbonyl (C=O) groups is 1. The van der Waals surface area contributed by atoms with E-state index in [2.05, 4.69) is 6.92 Å². The monoisotopic (exact) mass is 185 g/mol. The summed E-state index contributed by atoms with van der Waals surface area (Å²) in [7, 11) is 0. The van der Waals surface area contributed by atoms with Gasteiger partial charge in [0.15, 0.2) is 0 Å². The van der Waals surface area contributed by atoms with E-state index in [0.29, 0.717) is 0 Å². The first-order chi connectivity index (χ1) is 6.00. The standard InChI is InChI=1S/C11H23NO/c1-4-5-6-7-8-9-11(2,3)10(12)13/h4-9H2,1-3H3,(H2,12,13). The molecule has 0 aromatic rings. The number of carbonyl (C=O) groups excluding carboxylic acids is 1. The van der Waals surface area contributed by atoms with E-state index in [-0.39, 0.29) is 11.3 Å². The lowest BCUT2D eigenvalue weighted by atomic mass is 9.86. The Balaban J connectivity index is 3.46. The Bertz CT molecular complexity index is 152. The Morgan fingerprint density at radius 2 is 1.69 bits per heavy atom. The van der Waals surface area contributed by atoms with Crippen molar-refractivity contribution < 1.29 is 4.79 Å². The summed E-state index contributed by atoms with van der Waals surface area (Å²) >= 11 is 0. The molecule has 0 unspecified atom stereocenters. The molecule has 2 N–H and O–H groups in total. The zero-order valence-corrected chi connectivity index (χ0v) is 9.23. The van der Waals surface area contributed by atoms with Gasteiger partial charge in [-0.1, -0.05) is 52.9 Å². The maximum absolute atomic E-state index is 11.0. The predicted octanol–water partition coefficient (Wildman–Crippen LogP) is 2.86. The second kappa shape index (κ2) is 6.01. The molecule has 0 spiro atoms. The summed E-state index contributed by atoms with van der Waals surface area (Å²) in [5.74, 6) is -0.178. The highest BCUT2D eigenvalue weighted by molar-refractivity contribution is 5.79. The van der Waals surface area contributed by atoms with E-state index in [1.165, 1.54) is 25.7 Å². The summed E-state index contributed by atoms with van der Waals surface area (Å²) in [6, 6.07) is 0. The average Bonchev–Trinajstić information content (AvgIpc) is 2.03. The van der Waals surface area contributed by atoms with Gasteiger partial charge in [-0.3, -0.25) is 4.79 Å². The van der Waals surface area contributed by atoms with Gasteiger partial charge in [-0.05, 0) is 6.42 Å². The fourth-order valence-electron chi connectivity index (χ4n) is 1.29. The molecule has 0 atom stereocenters. The van der Waals surface area contributed by atoms with Gasteiger partial charge >= 0.3 is 0 Å². The van der Waals surface area contributed by atoms with Gasteiger partial charge < -0.3 is 5.73 Å². The van der Waals surface area contributed by atoms with E-state index in [4.69, 9.17) is 5.73 Å². The van der Waals surface area contributed by atoms with Gasteiger partial charge in [0.05, 0.1) is 0 Å². The topological polar surface area (TPSA) is 43.1 Å². The molecule has 0 aromatic heterocycles. The van der Waals surface area contributed by atoms with Crippen molar-refractivity contribution in [2.75, 3.05) is 0 Å².